The van der Waals surface area contributed by atoms with E-state index >= 15 is 0 Å². The number of ether oxygens (including phenoxy) is 1. The van der Waals surface area contributed by atoms with Gasteiger partial charge >= 0.3 is 0 Å². The van der Waals surface area contributed by atoms with E-state index in [-0.39, 0.29) is 5.60 Å². The molecule has 0 amide bonds. The zero-order valence-corrected chi connectivity index (χ0v) is 10.2. The zero-order valence-electron chi connectivity index (χ0n) is 10.2. The highest BCUT2D eigenvalue weighted by molar-refractivity contribution is 5.19. The number of hydrogen-bond donors (Lipinski definition) is 0. The van der Waals surface area contributed by atoms with E-state index in [2.05, 4.69) is 27.4 Å². The maximum absolute atomic E-state index is 5.83. The molecule has 3 fully saturated rings. The Balaban J connectivity index is 1.80. The van der Waals surface area contributed by atoms with Crippen molar-refractivity contribution in [3.63, 3.8) is 0 Å². The molecule has 2 saturated carbocycles. The van der Waals surface area contributed by atoms with Gasteiger partial charge in [-0.15, -0.1) is 0 Å². The van der Waals surface area contributed by atoms with Crippen LogP contribution in [-0.2, 0) is 4.74 Å². The van der Waals surface area contributed by atoms with Crippen LogP contribution in [0.3, 0.4) is 0 Å². The third kappa shape index (κ3) is 1.32. The fourth-order valence-corrected chi connectivity index (χ4v) is 3.87. The number of fused-ring (bicyclic) bond motifs is 2. The van der Waals surface area contributed by atoms with Gasteiger partial charge in [-0.1, -0.05) is 26.0 Å². The molecule has 3 rings (SSSR count). The van der Waals surface area contributed by atoms with Gasteiger partial charge < -0.3 is 4.74 Å². The maximum atomic E-state index is 5.83. The fourth-order valence-electron chi connectivity index (χ4n) is 3.87. The minimum absolute atomic E-state index is 0.208. The summed E-state index contributed by atoms with van der Waals surface area (Å²) in [4.78, 5) is 0. The third-order valence-electron chi connectivity index (χ3n) is 5.19. The van der Waals surface area contributed by atoms with E-state index in [1.165, 1.54) is 24.8 Å². The highest BCUT2D eigenvalue weighted by atomic mass is 16.6. The van der Waals surface area contributed by atoms with Gasteiger partial charge in [0.25, 0.3) is 0 Å². The van der Waals surface area contributed by atoms with Crippen molar-refractivity contribution in [2.45, 2.75) is 58.2 Å². The Labute approximate surface area is 92.9 Å². The molecule has 3 aliphatic rings. The summed E-state index contributed by atoms with van der Waals surface area (Å²) >= 11 is 0. The van der Waals surface area contributed by atoms with Gasteiger partial charge in [-0.2, -0.15) is 0 Å². The summed E-state index contributed by atoms with van der Waals surface area (Å²) in [7, 11) is 0. The molecular weight excluding hydrogens is 184 g/mol. The summed E-state index contributed by atoms with van der Waals surface area (Å²) in [6, 6.07) is 0. The van der Waals surface area contributed by atoms with Gasteiger partial charge in [0.15, 0.2) is 0 Å². The fraction of sp³-hybridized carbons (Fsp3) is 0.857. The molecule has 1 saturated heterocycles. The Kier molecular flexibility index (Phi) is 1.77. The van der Waals surface area contributed by atoms with Crippen LogP contribution in [0.25, 0.3) is 0 Å². The molecule has 3 unspecified atom stereocenters. The summed E-state index contributed by atoms with van der Waals surface area (Å²) in [5.41, 5.74) is 2.22. The van der Waals surface area contributed by atoms with E-state index in [0.717, 1.165) is 18.3 Å². The molecule has 0 aromatic heterocycles. The maximum Gasteiger partial charge on any atom is 0.0923 e. The second-order valence-electron chi connectivity index (χ2n) is 6.73. The Morgan fingerprint density at radius 2 is 2.07 bits per heavy atom. The van der Waals surface area contributed by atoms with Crippen molar-refractivity contribution in [1.82, 2.24) is 0 Å². The molecule has 1 heteroatoms. The average molecular weight is 206 g/mol. The van der Waals surface area contributed by atoms with Crippen molar-refractivity contribution in [2.75, 3.05) is 0 Å². The first-order chi connectivity index (χ1) is 6.92. The molecule has 1 heterocycles. The van der Waals surface area contributed by atoms with Crippen molar-refractivity contribution in [2.24, 2.45) is 17.3 Å². The predicted molar refractivity (Wildman–Crippen MR) is 61.6 cm³/mol. The van der Waals surface area contributed by atoms with E-state index in [1.807, 2.05) is 0 Å². The van der Waals surface area contributed by atoms with Crippen LogP contribution in [0.4, 0.5) is 0 Å². The van der Waals surface area contributed by atoms with Gasteiger partial charge in [-0.25, -0.2) is 0 Å². The summed E-state index contributed by atoms with van der Waals surface area (Å²) < 4.78 is 5.83. The molecular formula is C14H22O. The van der Waals surface area contributed by atoms with Crippen LogP contribution in [0.2, 0.25) is 0 Å². The smallest absolute Gasteiger partial charge is 0.0923 e. The van der Waals surface area contributed by atoms with Crippen molar-refractivity contribution >= 4 is 0 Å². The van der Waals surface area contributed by atoms with E-state index in [4.69, 9.17) is 4.74 Å². The van der Waals surface area contributed by atoms with Crippen molar-refractivity contribution in [3.8, 4) is 0 Å². The lowest BCUT2D eigenvalue weighted by Crippen LogP contribution is -2.46. The first kappa shape index (κ1) is 9.89. The standard InChI is InChI=1S/C14H22O/c1-9-7-12-14(4,15-12)6-5-11-10(9)8-13(11,2)3/h10-12H,1,5-8H2,2-4H3/t10-,11?,12?,14?/m1/s1. The first-order valence-corrected chi connectivity index (χ1v) is 6.28. The van der Waals surface area contributed by atoms with Crippen LogP contribution in [0, 0.1) is 17.3 Å². The lowest BCUT2D eigenvalue weighted by atomic mass is 9.51. The Bertz CT molecular complexity index is 317. The molecule has 0 radical (unpaired) electrons. The molecule has 4 atom stereocenters. The first-order valence-electron chi connectivity index (χ1n) is 6.28. The molecule has 1 nitrogen and oxygen atoms in total. The van der Waals surface area contributed by atoms with Crippen molar-refractivity contribution in [3.05, 3.63) is 12.2 Å². The van der Waals surface area contributed by atoms with Crippen LogP contribution in [0.15, 0.2) is 12.2 Å². The van der Waals surface area contributed by atoms with Gasteiger partial charge in [0.1, 0.15) is 0 Å². The van der Waals surface area contributed by atoms with Crippen molar-refractivity contribution < 1.29 is 4.74 Å². The van der Waals surface area contributed by atoms with Gasteiger partial charge in [-0.3, -0.25) is 0 Å². The lowest BCUT2D eigenvalue weighted by molar-refractivity contribution is -0.00326. The molecule has 15 heavy (non-hydrogen) atoms. The second kappa shape index (κ2) is 2.68. The molecule has 0 spiro atoms. The number of rotatable bonds is 0. The topological polar surface area (TPSA) is 12.5 Å². The largest absolute Gasteiger partial charge is 0.366 e. The van der Waals surface area contributed by atoms with E-state index < -0.39 is 0 Å². The minimum atomic E-state index is 0.208. The SMILES string of the molecule is C=C1CC2OC2(C)CCC2[C@@H]1CC2(C)C. The van der Waals surface area contributed by atoms with Gasteiger partial charge in [0.2, 0.25) is 0 Å². The number of hydrogen-bond acceptors (Lipinski definition) is 1. The van der Waals surface area contributed by atoms with E-state index in [9.17, 15) is 0 Å². The summed E-state index contributed by atoms with van der Waals surface area (Å²) in [6.45, 7) is 11.4. The van der Waals surface area contributed by atoms with Crippen LogP contribution in [0.5, 0.6) is 0 Å². The molecule has 1 aliphatic heterocycles. The number of epoxide rings is 1. The Hall–Kier alpha value is -0.300. The summed E-state index contributed by atoms with van der Waals surface area (Å²) in [5.74, 6) is 1.67. The van der Waals surface area contributed by atoms with Gasteiger partial charge in [0, 0.05) is 0 Å². The van der Waals surface area contributed by atoms with Crippen LogP contribution < -0.4 is 0 Å². The second-order valence-corrected chi connectivity index (χ2v) is 6.73. The van der Waals surface area contributed by atoms with Crippen LogP contribution >= 0.6 is 0 Å². The lowest BCUT2D eigenvalue weighted by Gasteiger charge is -2.53. The third-order valence-corrected chi connectivity index (χ3v) is 5.19. The molecule has 0 N–H and O–H groups in total. The Morgan fingerprint density at radius 3 is 2.73 bits per heavy atom. The van der Waals surface area contributed by atoms with Crippen LogP contribution in [-0.4, -0.2) is 11.7 Å². The molecule has 0 bridgehead atoms. The van der Waals surface area contributed by atoms with E-state index in [0.29, 0.717) is 11.5 Å². The highest BCUT2D eigenvalue weighted by Gasteiger charge is 2.57. The Morgan fingerprint density at radius 1 is 1.33 bits per heavy atom. The van der Waals surface area contributed by atoms with Crippen molar-refractivity contribution in [1.29, 1.82) is 0 Å². The summed E-state index contributed by atoms with van der Waals surface area (Å²) in [5, 5.41) is 0. The highest BCUT2D eigenvalue weighted by Crippen LogP contribution is 2.60. The molecule has 0 aromatic carbocycles. The minimum Gasteiger partial charge on any atom is -0.366 e. The zero-order chi connectivity index (χ0) is 10.8. The normalized spacial score (nSPS) is 51.9. The van der Waals surface area contributed by atoms with Gasteiger partial charge in [0.05, 0.1) is 11.7 Å². The molecule has 2 aliphatic carbocycles. The van der Waals surface area contributed by atoms with Crippen LogP contribution in [0.1, 0.15) is 46.5 Å². The van der Waals surface area contributed by atoms with E-state index in [1.54, 1.807) is 0 Å². The summed E-state index contributed by atoms with van der Waals surface area (Å²) in [6.07, 6.45) is 5.56. The molecule has 0 aromatic rings. The molecule has 84 valence electrons. The quantitative estimate of drug-likeness (QED) is 0.436. The van der Waals surface area contributed by atoms with Gasteiger partial charge in [-0.05, 0) is 49.9 Å². The average Bonchev–Trinajstić information content (AvgIpc) is 2.71. The monoisotopic (exact) mass is 206 g/mol. The predicted octanol–water partition coefficient (Wildman–Crippen LogP) is 3.55.